The van der Waals surface area contributed by atoms with Crippen molar-refractivity contribution in [2.75, 3.05) is 51.7 Å². The summed E-state index contributed by atoms with van der Waals surface area (Å²) in [4.78, 5) is 27.4. The summed E-state index contributed by atoms with van der Waals surface area (Å²) in [5.74, 6) is 1.16. The van der Waals surface area contributed by atoms with Gasteiger partial charge in [0.05, 0.1) is 31.6 Å². The summed E-state index contributed by atoms with van der Waals surface area (Å²) in [6.07, 6.45) is 1.65. The van der Waals surface area contributed by atoms with Gasteiger partial charge in [-0.2, -0.15) is 0 Å². The molecule has 0 radical (unpaired) electrons. The van der Waals surface area contributed by atoms with Gasteiger partial charge in [-0.15, -0.1) is 11.3 Å². The fraction of sp³-hybridized carbons (Fsp3) is 0.350. The molecule has 3 aromatic rings. The Balaban J connectivity index is 1.59. The summed E-state index contributed by atoms with van der Waals surface area (Å²) in [7, 11) is 3.62. The summed E-state index contributed by atoms with van der Waals surface area (Å²) in [6.45, 7) is 4.14. The zero-order valence-corrected chi connectivity index (χ0v) is 17.6. The summed E-state index contributed by atoms with van der Waals surface area (Å²) < 4.78 is 0. The number of rotatable bonds is 4. The second-order valence-corrected chi connectivity index (χ2v) is 8.53. The van der Waals surface area contributed by atoms with Gasteiger partial charge in [0.15, 0.2) is 6.54 Å². The summed E-state index contributed by atoms with van der Waals surface area (Å²) in [5.41, 5.74) is 2.26. The van der Waals surface area contributed by atoms with Crippen LogP contribution in [0.1, 0.15) is 0 Å². The number of carbonyl (C=O) groups is 1. The van der Waals surface area contributed by atoms with Crippen LogP contribution < -0.4 is 9.80 Å². The molecular formula is C20H23ClN5OS+. The highest BCUT2D eigenvalue weighted by Crippen LogP contribution is 2.38. The van der Waals surface area contributed by atoms with Crippen molar-refractivity contribution in [2.45, 2.75) is 0 Å². The number of amides is 1. The number of carbonyl (C=O) groups excluding carboxylic acids is 1. The fourth-order valence-corrected chi connectivity index (χ4v) is 4.56. The highest BCUT2D eigenvalue weighted by atomic mass is 35.5. The van der Waals surface area contributed by atoms with Crippen LogP contribution in [0.3, 0.4) is 0 Å². The Hall–Kier alpha value is -2.22. The number of nitrogens with zero attached hydrogens (tertiary/aromatic N) is 4. The summed E-state index contributed by atoms with van der Waals surface area (Å²) in [6, 6.07) is 7.90. The Morgan fingerprint density at radius 1 is 1.21 bits per heavy atom. The van der Waals surface area contributed by atoms with Gasteiger partial charge in [-0.25, -0.2) is 9.97 Å². The molecule has 0 atom stereocenters. The first-order chi connectivity index (χ1) is 13.5. The molecule has 1 fully saturated rings. The third-order valence-corrected chi connectivity index (χ3v) is 6.31. The molecular weight excluding hydrogens is 394 g/mol. The Kier molecular flexibility index (Phi) is 5.48. The molecule has 0 bridgehead atoms. The number of anilines is 1. The maximum atomic E-state index is 12.0. The van der Waals surface area contributed by atoms with Gasteiger partial charge >= 0.3 is 0 Å². The van der Waals surface area contributed by atoms with Crippen LogP contribution in [0, 0.1) is 0 Å². The second-order valence-electron chi connectivity index (χ2n) is 7.24. The first-order valence-corrected chi connectivity index (χ1v) is 10.6. The first-order valence-electron chi connectivity index (χ1n) is 9.29. The van der Waals surface area contributed by atoms with E-state index in [1.54, 1.807) is 22.6 Å². The van der Waals surface area contributed by atoms with Gasteiger partial charge < -0.3 is 14.7 Å². The molecule has 4 rings (SSSR count). The van der Waals surface area contributed by atoms with E-state index >= 15 is 0 Å². The zero-order chi connectivity index (χ0) is 19.7. The number of hydrogen-bond acceptors (Lipinski definition) is 5. The lowest BCUT2D eigenvalue weighted by Crippen LogP contribution is -3.15. The molecule has 8 heteroatoms. The topological polar surface area (TPSA) is 53.8 Å². The third-order valence-electron chi connectivity index (χ3n) is 5.18. The standard InChI is InChI=1S/C20H22ClN5OS/c1-24(2)17(27)11-25-7-9-26(10-8-25)19-18-16(12-28-20(18)23-13-22-19)14-3-5-15(21)6-4-14/h3-6,12-13H,7-11H2,1-2H3/p+1. The van der Waals surface area contributed by atoms with Gasteiger partial charge in [0, 0.05) is 30.1 Å². The SMILES string of the molecule is CN(C)C(=O)C[NH+]1CCN(c2ncnc3scc(-c4ccc(Cl)cc4)c23)CC1. The molecule has 0 aliphatic carbocycles. The number of quaternary nitrogens is 1. The van der Waals surface area contributed by atoms with E-state index in [1.807, 2.05) is 38.4 Å². The van der Waals surface area contributed by atoms with Crippen molar-refractivity contribution in [3.05, 3.63) is 41.0 Å². The molecule has 6 nitrogen and oxygen atoms in total. The minimum Gasteiger partial charge on any atom is -0.345 e. The van der Waals surface area contributed by atoms with Crippen molar-refractivity contribution < 1.29 is 9.69 Å². The Morgan fingerprint density at radius 2 is 1.93 bits per heavy atom. The Morgan fingerprint density at radius 3 is 2.61 bits per heavy atom. The molecule has 1 saturated heterocycles. The van der Waals surface area contributed by atoms with Crippen molar-refractivity contribution >= 4 is 44.9 Å². The number of thiophene rings is 1. The van der Waals surface area contributed by atoms with E-state index in [-0.39, 0.29) is 5.91 Å². The maximum absolute atomic E-state index is 12.0. The molecule has 1 N–H and O–H groups in total. The van der Waals surface area contributed by atoms with Gasteiger partial charge in [0.1, 0.15) is 17.0 Å². The van der Waals surface area contributed by atoms with Crippen molar-refractivity contribution in [1.29, 1.82) is 0 Å². The predicted octanol–water partition coefficient (Wildman–Crippen LogP) is 1.80. The number of fused-ring (bicyclic) bond motifs is 1. The van der Waals surface area contributed by atoms with Crippen molar-refractivity contribution in [3.8, 4) is 11.1 Å². The van der Waals surface area contributed by atoms with Crippen LogP contribution in [-0.4, -0.2) is 67.6 Å². The lowest BCUT2D eigenvalue weighted by molar-refractivity contribution is -0.892. The average Bonchev–Trinajstić information content (AvgIpc) is 3.13. The van der Waals surface area contributed by atoms with Crippen LogP contribution in [0.4, 0.5) is 5.82 Å². The molecule has 1 aromatic carbocycles. The minimum atomic E-state index is 0.177. The van der Waals surface area contributed by atoms with E-state index in [1.165, 1.54) is 4.90 Å². The van der Waals surface area contributed by atoms with Gasteiger partial charge in [-0.3, -0.25) is 4.79 Å². The fourth-order valence-electron chi connectivity index (χ4n) is 3.52. The smallest absolute Gasteiger partial charge is 0.277 e. The number of aromatic nitrogens is 2. The van der Waals surface area contributed by atoms with Crippen LogP contribution in [0.15, 0.2) is 36.0 Å². The Labute approximate surface area is 173 Å². The van der Waals surface area contributed by atoms with Crippen molar-refractivity contribution in [3.63, 3.8) is 0 Å². The highest BCUT2D eigenvalue weighted by molar-refractivity contribution is 7.17. The lowest BCUT2D eigenvalue weighted by atomic mass is 10.1. The number of piperazine rings is 1. The molecule has 2 aromatic heterocycles. The van der Waals surface area contributed by atoms with E-state index in [4.69, 9.17) is 11.6 Å². The molecule has 0 unspecified atom stereocenters. The number of nitrogens with one attached hydrogen (secondary N) is 1. The molecule has 3 heterocycles. The van der Waals surface area contributed by atoms with E-state index in [2.05, 4.69) is 20.2 Å². The van der Waals surface area contributed by atoms with E-state index in [0.717, 1.165) is 58.4 Å². The Bertz CT molecular complexity index is 980. The van der Waals surface area contributed by atoms with Crippen LogP contribution in [-0.2, 0) is 4.79 Å². The largest absolute Gasteiger partial charge is 0.345 e. The zero-order valence-electron chi connectivity index (χ0n) is 16.0. The van der Waals surface area contributed by atoms with Crippen LogP contribution >= 0.6 is 22.9 Å². The second kappa shape index (κ2) is 8.03. The van der Waals surface area contributed by atoms with Crippen LogP contribution in [0.2, 0.25) is 5.02 Å². The number of likely N-dealkylation sites (N-methyl/N-ethyl adjacent to an activating group) is 1. The average molecular weight is 417 g/mol. The van der Waals surface area contributed by atoms with Crippen LogP contribution in [0.25, 0.3) is 21.3 Å². The predicted molar refractivity (Wildman–Crippen MR) is 114 cm³/mol. The molecule has 1 amide bonds. The van der Waals surface area contributed by atoms with E-state index in [9.17, 15) is 4.79 Å². The van der Waals surface area contributed by atoms with Gasteiger partial charge in [-0.1, -0.05) is 23.7 Å². The number of benzene rings is 1. The monoisotopic (exact) mass is 416 g/mol. The summed E-state index contributed by atoms with van der Waals surface area (Å²) in [5, 5.41) is 3.97. The highest BCUT2D eigenvalue weighted by Gasteiger charge is 2.26. The summed E-state index contributed by atoms with van der Waals surface area (Å²) >= 11 is 7.69. The van der Waals surface area contributed by atoms with E-state index in [0.29, 0.717) is 6.54 Å². The molecule has 0 spiro atoms. The van der Waals surface area contributed by atoms with Crippen molar-refractivity contribution in [1.82, 2.24) is 14.9 Å². The minimum absolute atomic E-state index is 0.177. The molecule has 146 valence electrons. The molecule has 1 aliphatic rings. The maximum Gasteiger partial charge on any atom is 0.277 e. The first kappa shape index (κ1) is 19.1. The van der Waals surface area contributed by atoms with Gasteiger partial charge in [0.2, 0.25) is 0 Å². The molecule has 0 saturated carbocycles. The number of halogens is 1. The molecule has 28 heavy (non-hydrogen) atoms. The van der Waals surface area contributed by atoms with E-state index < -0.39 is 0 Å². The number of hydrogen-bond donors (Lipinski definition) is 1. The normalized spacial score (nSPS) is 15.2. The molecule has 1 aliphatic heterocycles. The quantitative estimate of drug-likeness (QED) is 0.704. The lowest BCUT2D eigenvalue weighted by Gasteiger charge is -2.33. The van der Waals surface area contributed by atoms with Crippen LogP contribution in [0.5, 0.6) is 0 Å². The van der Waals surface area contributed by atoms with Gasteiger partial charge in [-0.05, 0) is 17.7 Å². The van der Waals surface area contributed by atoms with Crippen molar-refractivity contribution in [2.24, 2.45) is 0 Å². The third kappa shape index (κ3) is 3.83. The van der Waals surface area contributed by atoms with Gasteiger partial charge in [0.25, 0.3) is 5.91 Å².